The summed E-state index contributed by atoms with van der Waals surface area (Å²) < 4.78 is 5.75. The number of hydrogen-bond acceptors (Lipinski definition) is 4. The molecule has 0 atom stereocenters. The molecule has 1 fully saturated rings. The van der Waals surface area contributed by atoms with Crippen LogP contribution in [0.15, 0.2) is 27.6 Å². The van der Waals surface area contributed by atoms with Crippen molar-refractivity contribution in [1.82, 2.24) is 5.32 Å². The van der Waals surface area contributed by atoms with E-state index < -0.39 is 0 Å². The van der Waals surface area contributed by atoms with E-state index in [1.165, 1.54) is 30.4 Å². The van der Waals surface area contributed by atoms with E-state index in [4.69, 9.17) is 0 Å². The molecular weight excluding hydrogens is 326 g/mol. The largest absolute Gasteiger partial charge is 0.469 e. The van der Waals surface area contributed by atoms with Crippen molar-refractivity contribution in [3.05, 3.63) is 28.2 Å². The molecule has 1 N–H and O–H groups in total. The Balaban J connectivity index is 1.81. The number of halogens is 1. The van der Waals surface area contributed by atoms with Crippen molar-refractivity contribution in [2.24, 2.45) is 0 Å². The molecule has 5 heteroatoms. The fourth-order valence-corrected chi connectivity index (χ4v) is 3.20. The summed E-state index contributed by atoms with van der Waals surface area (Å²) in [5.74, 6) is 0.593. The lowest BCUT2D eigenvalue weighted by molar-refractivity contribution is -0.140. The molecule has 0 aliphatic heterocycles. The Morgan fingerprint density at radius 2 is 2.32 bits per heavy atom. The molecule has 0 amide bonds. The first-order valence-electron chi connectivity index (χ1n) is 6.40. The zero-order valence-corrected chi connectivity index (χ0v) is 13.4. The predicted molar refractivity (Wildman–Crippen MR) is 81.4 cm³/mol. The maximum Gasteiger partial charge on any atom is 0.306 e. The van der Waals surface area contributed by atoms with Gasteiger partial charge in [0.2, 0.25) is 0 Å². The molecule has 0 spiro atoms. The van der Waals surface area contributed by atoms with Crippen LogP contribution in [-0.2, 0) is 16.1 Å². The van der Waals surface area contributed by atoms with Gasteiger partial charge in [-0.05, 0) is 30.5 Å². The van der Waals surface area contributed by atoms with Crippen molar-refractivity contribution < 1.29 is 9.53 Å². The second-order valence-electron chi connectivity index (χ2n) is 4.58. The van der Waals surface area contributed by atoms with E-state index in [1.54, 1.807) is 11.8 Å². The van der Waals surface area contributed by atoms with Crippen LogP contribution in [0.5, 0.6) is 0 Å². The van der Waals surface area contributed by atoms with Crippen molar-refractivity contribution in [3.8, 4) is 0 Å². The third-order valence-corrected chi connectivity index (χ3v) is 4.72. The third-order valence-electron chi connectivity index (χ3n) is 2.99. The standard InChI is InChI=1S/C14H18BrNO2S/c1-18-14(17)6-7-19-12-5-2-10(13(15)8-12)9-16-11-3-4-11/h2,5,8,11,16H,3-4,6-7,9H2,1H3. The van der Waals surface area contributed by atoms with Crippen molar-refractivity contribution in [2.45, 2.75) is 36.7 Å². The van der Waals surface area contributed by atoms with Gasteiger partial charge in [-0.3, -0.25) is 4.79 Å². The molecule has 1 aliphatic carbocycles. The summed E-state index contributed by atoms with van der Waals surface area (Å²) in [5, 5.41) is 3.50. The lowest BCUT2D eigenvalue weighted by Crippen LogP contribution is -2.15. The Bertz CT molecular complexity index is 449. The van der Waals surface area contributed by atoms with Crippen LogP contribution < -0.4 is 5.32 Å². The van der Waals surface area contributed by atoms with E-state index >= 15 is 0 Å². The summed E-state index contributed by atoms with van der Waals surface area (Å²) in [4.78, 5) is 12.2. The van der Waals surface area contributed by atoms with Crippen LogP contribution in [0.2, 0.25) is 0 Å². The molecule has 3 nitrogen and oxygen atoms in total. The van der Waals surface area contributed by atoms with Gasteiger partial charge in [0.15, 0.2) is 0 Å². The Hall–Kier alpha value is -0.520. The summed E-state index contributed by atoms with van der Waals surface area (Å²) in [5.41, 5.74) is 1.28. The molecule has 0 unspecified atom stereocenters. The van der Waals surface area contributed by atoms with Gasteiger partial charge in [-0.1, -0.05) is 22.0 Å². The number of rotatable bonds is 7. The van der Waals surface area contributed by atoms with E-state index in [-0.39, 0.29) is 5.97 Å². The zero-order chi connectivity index (χ0) is 13.7. The van der Waals surface area contributed by atoms with Gasteiger partial charge >= 0.3 is 5.97 Å². The molecule has 0 bridgehead atoms. The molecular formula is C14H18BrNO2S. The van der Waals surface area contributed by atoms with Gasteiger partial charge in [-0.2, -0.15) is 0 Å². The van der Waals surface area contributed by atoms with E-state index in [2.05, 4.69) is 44.2 Å². The van der Waals surface area contributed by atoms with Gasteiger partial charge in [0.1, 0.15) is 0 Å². The van der Waals surface area contributed by atoms with Crippen molar-refractivity contribution in [1.29, 1.82) is 0 Å². The second kappa shape index (κ2) is 7.31. The highest BCUT2D eigenvalue weighted by Crippen LogP contribution is 2.27. The summed E-state index contributed by atoms with van der Waals surface area (Å²) in [7, 11) is 1.42. The summed E-state index contributed by atoms with van der Waals surface area (Å²) >= 11 is 5.28. The number of carbonyl (C=O) groups excluding carboxylic acids is 1. The van der Waals surface area contributed by atoms with Gasteiger partial charge in [0.25, 0.3) is 0 Å². The highest BCUT2D eigenvalue weighted by atomic mass is 79.9. The number of nitrogens with one attached hydrogen (secondary N) is 1. The third kappa shape index (κ3) is 5.16. The van der Waals surface area contributed by atoms with Gasteiger partial charge in [-0.25, -0.2) is 0 Å². The SMILES string of the molecule is COC(=O)CCSc1ccc(CNC2CC2)c(Br)c1. The number of methoxy groups -OCH3 is 1. The molecule has 1 saturated carbocycles. The number of benzene rings is 1. The normalized spacial score (nSPS) is 14.4. The van der Waals surface area contributed by atoms with Crippen molar-refractivity contribution in [3.63, 3.8) is 0 Å². The molecule has 0 radical (unpaired) electrons. The predicted octanol–water partition coefficient (Wildman–Crippen LogP) is 3.36. The van der Waals surface area contributed by atoms with Gasteiger partial charge in [-0.15, -0.1) is 11.8 Å². The zero-order valence-electron chi connectivity index (χ0n) is 10.9. The van der Waals surface area contributed by atoms with Crippen LogP contribution in [0.25, 0.3) is 0 Å². The summed E-state index contributed by atoms with van der Waals surface area (Å²) in [6, 6.07) is 7.09. The van der Waals surface area contributed by atoms with E-state index in [1.807, 2.05) is 0 Å². The molecule has 0 aromatic heterocycles. The summed E-state index contributed by atoms with van der Waals surface area (Å²) in [6.45, 7) is 0.915. The topological polar surface area (TPSA) is 38.3 Å². The average Bonchev–Trinajstić information content (AvgIpc) is 3.21. The van der Waals surface area contributed by atoms with Gasteiger partial charge < -0.3 is 10.1 Å². The number of ether oxygens (including phenoxy) is 1. The van der Waals surface area contributed by atoms with Gasteiger partial charge in [0, 0.05) is 27.7 Å². The number of thioether (sulfide) groups is 1. The minimum absolute atomic E-state index is 0.156. The smallest absolute Gasteiger partial charge is 0.306 e. The minimum atomic E-state index is -0.156. The van der Waals surface area contributed by atoms with Gasteiger partial charge in [0.05, 0.1) is 13.5 Å². The lowest BCUT2D eigenvalue weighted by Gasteiger charge is -2.08. The number of hydrogen-bond donors (Lipinski definition) is 1. The van der Waals surface area contributed by atoms with Crippen LogP contribution in [0.1, 0.15) is 24.8 Å². The number of esters is 1. The second-order valence-corrected chi connectivity index (χ2v) is 6.61. The molecule has 1 aromatic rings. The van der Waals surface area contributed by atoms with Crippen molar-refractivity contribution in [2.75, 3.05) is 12.9 Å². The molecule has 104 valence electrons. The molecule has 1 aromatic carbocycles. The van der Waals surface area contributed by atoms with Crippen LogP contribution in [-0.4, -0.2) is 24.9 Å². The Morgan fingerprint density at radius 3 is 2.95 bits per heavy atom. The number of carbonyl (C=O) groups is 1. The van der Waals surface area contributed by atoms with E-state index in [0.717, 1.165) is 22.8 Å². The van der Waals surface area contributed by atoms with Crippen LogP contribution in [0, 0.1) is 0 Å². The first-order chi connectivity index (χ1) is 9.19. The first-order valence-corrected chi connectivity index (χ1v) is 8.18. The maximum absolute atomic E-state index is 11.0. The van der Waals surface area contributed by atoms with Crippen LogP contribution in [0.3, 0.4) is 0 Å². The molecule has 19 heavy (non-hydrogen) atoms. The molecule has 0 heterocycles. The Morgan fingerprint density at radius 1 is 1.53 bits per heavy atom. The van der Waals surface area contributed by atoms with E-state index in [0.29, 0.717) is 6.42 Å². The summed E-state index contributed by atoms with van der Waals surface area (Å²) in [6.07, 6.45) is 3.06. The fourth-order valence-electron chi connectivity index (χ4n) is 1.66. The highest BCUT2D eigenvalue weighted by Gasteiger charge is 2.20. The van der Waals surface area contributed by atoms with Crippen LogP contribution >= 0.6 is 27.7 Å². The monoisotopic (exact) mass is 343 g/mol. The van der Waals surface area contributed by atoms with Crippen LogP contribution in [0.4, 0.5) is 0 Å². The lowest BCUT2D eigenvalue weighted by atomic mass is 10.2. The van der Waals surface area contributed by atoms with Crippen molar-refractivity contribution >= 4 is 33.7 Å². The quantitative estimate of drug-likeness (QED) is 0.608. The Kier molecular flexibility index (Phi) is 5.73. The highest BCUT2D eigenvalue weighted by molar-refractivity contribution is 9.10. The molecule has 2 rings (SSSR count). The Labute approximate surface area is 126 Å². The average molecular weight is 344 g/mol. The molecule has 1 aliphatic rings. The maximum atomic E-state index is 11.0. The molecule has 0 saturated heterocycles. The van der Waals surface area contributed by atoms with E-state index in [9.17, 15) is 4.79 Å². The minimum Gasteiger partial charge on any atom is -0.469 e. The first kappa shape index (κ1) is 14.9. The fraction of sp³-hybridized carbons (Fsp3) is 0.500.